The minimum atomic E-state index is -0.348. The van der Waals surface area contributed by atoms with Crippen LogP contribution in [0.4, 0.5) is 4.39 Å². The van der Waals surface area contributed by atoms with Crippen molar-refractivity contribution in [1.29, 1.82) is 0 Å². The number of nitrogens with one attached hydrogen (secondary N) is 1. The molecule has 0 radical (unpaired) electrons. The predicted octanol–water partition coefficient (Wildman–Crippen LogP) is 3.44. The van der Waals surface area contributed by atoms with E-state index < -0.39 is 0 Å². The van der Waals surface area contributed by atoms with Crippen molar-refractivity contribution in [3.63, 3.8) is 0 Å². The second-order valence-electron chi connectivity index (χ2n) is 5.20. The topological polar surface area (TPSA) is 51.5 Å². The van der Waals surface area contributed by atoms with Crippen LogP contribution in [0.15, 0.2) is 53.1 Å². The van der Waals surface area contributed by atoms with Gasteiger partial charge in [0.15, 0.2) is 0 Å². The third-order valence-corrected chi connectivity index (χ3v) is 3.62. The number of ether oxygens (including phenoxy) is 1. The molecular formula is C18H16FNO3. The van der Waals surface area contributed by atoms with Crippen LogP contribution < -0.4 is 10.1 Å². The summed E-state index contributed by atoms with van der Waals surface area (Å²) in [7, 11) is 1.61. The highest BCUT2D eigenvalue weighted by atomic mass is 19.1. The van der Waals surface area contributed by atoms with Gasteiger partial charge in [-0.3, -0.25) is 4.79 Å². The number of amides is 1. The second-order valence-corrected chi connectivity index (χ2v) is 5.20. The van der Waals surface area contributed by atoms with Crippen LogP contribution in [-0.2, 0) is 17.8 Å². The van der Waals surface area contributed by atoms with Gasteiger partial charge < -0.3 is 14.5 Å². The number of methoxy groups -OCH3 is 1. The summed E-state index contributed by atoms with van der Waals surface area (Å²) >= 11 is 0. The number of fused-ring (bicyclic) bond motifs is 1. The van der Waals surface area contributed by atoms with E-state index >= 15 is 0 Å². The highest BCUT2D eigenvalue weighted by Gasteiger charge is 2.11. The molecule has 4 nitrogen and oxygen atoms in total. The molecule has 0 fully saturated rings. The summed E-state index contributed by atoms with van der Waals surface area (Å²) in [4.78, 5) is 12.1. The lowest BCUT2D eigenvalue weighted by Crippen LogP contribution is -2.24. The van der Waals surface area contributed by atoms with E-state index in [0.717, 1.165) is 11.3 Å². The van der Waals surface area contributed by atoms with Crippen molar-refractivity contribution in [2.45, 2.75) is 13.0 Å². The normalized spacial score (nSPS) is 10.7. The van der Waals surface area contributed by atoms with Gasteiger partial charge in [-0.05, 0) is 35.9 Å². The first-order valence-corrected chi connectivity index (χ1v) is 7.21. The number of hydrogen-bond acceptors (Lipinski definition) is 3. The predicted molar refractivity (Wildman–Crippen MR) is 84.7 cm³/mol. The summed E-state index contributed by atoms with van der Waals surface area (Å²) in [5, 5.41) is 3.47. The Balaban J connectivity index is 1.63. The molecule has 0 aliphatic rings. The van der Waals surface area contributed by atoms with E-state index in [1.807, 2.05) is 24.3 Å². The summed E-state index contributed by atoms with van der Waals surface area (Å²) < 4.78 is 23.7. The summed E-state index contributed by atoms with van der Waals surface area (Å²) in [5.41, 5.74) is 2.22. The van der Waals surface area contributed by atoms with Gasteiger partial charge in [-0.1, -0.05) is 12.1 Å². The average molecular weight is 313 g/mol. The van der Waals surface area contributed by atoms with E-state index in [2.05, 4.69) is 5.32 Å². The number of carbonyl (C=O) groups excluding carboxylic acids is 1. The second kappa shape index (κ2) is 6.52. The molecule has 3 rings (SSSR count). The van der Waals surface area contributed by atoms with Gasteiger partial charge in [-0.2, -0.15) is 0 Å². The van der Waals surface area contributed by atoms with Gasteiger partial charge in [0.25, 0.3) is 0 Å². The van der Waals surface area contributed by atoms with Crippen LogP contribution in [0.3, 0.4) is 0 Å². The van der Waals surface area contributed by atoms with E-state index in [9.17, 15) is 9.18 Å². The fraction of sp³-hybridized carbons (Fsp3) is 0.167. The molecule has 1 heterocycles. The van der Waals surface area contributed by atoms with Crippen molar-refractivity contribution < 1.29 is 18.3 Å². The number of benzene rings is 2. The van der Waals surface area contributed by atoms with Gasteiger partial charge in [0.05, 0.1) is 19.8 Å². The SMILES string of the molecule is COc1ccc(CNC(=O)Cc2coc3ccc(F)cc23)cc1. The van der Waals surface area contributed by atoms with Crippen LogP contribution in [0.1, 0.15) is 11.1 Å². The quantitative estimate of drug-likeness (QED) is 0.785. The molecule has 5 heteroatoms. The fourth-order valence-corrected chi connectivity index (χ4v) is 2.37. The minimum Gasteiger partial charge on any atom is -0.497 e. The molecule has 23 heavy (non-hydrogen) atoms. The lowest BCUT2D eigenvalue weighted by atomic mass is 10.1. The highest BCUT2D eigenvalue weighted by molar-refractivity contribution is 5.87. The molecule has 0 unspecified atom stereocenters. The molecule has 3 aromatic rings. The Hall–Kier alpha value is -2.82. The molecule has 0 spiro atoms. The van der Waals surface area contributed by atoms with E-state index in [0.29, 0.717) is 23.1 Å². The monoisotopic (exact) mass is 313 g/mol. The van der Waals surface area contributed by atoms with Crippen LogP contribution in [0.2, 0.25) is 0 Å². The van der Waals surface area contributed by atoms with Gasteiger partial charge in [-0.25, -0.2) is 4.39 Å². The van der Waals surface area contributed by atoms with Crippen LogP contribution in [-0.4, -0.2) is 13.0 Å². The molecule has 1 aromatic heterocycles. The molecule has 2 aromatic carbocycles. The Morgan fingerprint density at radius 3 is 2.74 bits per heavy atom. The minimum absolute atomic E-state index is 0.145. The number of carbonyl (C=O) groups is 1. The molecule has 0 saturated heterocycles. The highest BCUT2D eigenvalue weighted by Crippen LogP contribution is 2.22. The van der Waals surface area contributed by atoms with Gasteiger partial charge >= 0.3 is 0 Å². The van der Waals surface area contributed by atoms with E-state index in [1.165, 1.54) is 18.4 Å². The Bertz CT molecular complexity index is 824. The molecule has 118 valence electrons. The molecule has 0 bridgehead atoms. The van der Waals surface area contributed by atoms with Gasteiger partial charge in [0, 0.05) is 17.5 Å². The third kappa shape index (κ3) is 3.51. The van der Waals surface area contributed by atoms with Crippen molar-refractivity contribution in [3.05, 3.63) is 65.7 Å². The molecular weight excluding hydrogens is 297 g/mol. The molecule has 1 N–H and O–H groups in total. The molecule has 0 saturated carbocycles. The smallest absolute Gasteiger partial charge is 0.224 e. The van der Waals surface area contributed by atoms with E-state index in [1.54, 1.807) is 13.2 Å². The maximum absolute atomic E-state index is 13.3. The van der Waals surface area contributed by atoms with Crippen molar-refractivity contribution in [2.75, 3.05) is 7.11 Å². The third-order valence-electron chi connectivity index (χ3n) is 3.62. The Labute approximate surface area is 132 Å². The molecule has 0 aliphatic heterocycles. The summed E-state index contributed by atoms with van der Waals surface area (Å²) in [6, 6.07) is 11.7. The largest absolute Gasteiger partial charge is 0.497 e. The van der Waals surface area contributed by atoms with Crippen LogP contribution in [0.5, 0.6) is 5.75 Å². The fourth-order valence-electron chi connectivity index (χ4n) is 2.37. The first-order valence-electron chi connectivity index (χ1n) is 7.21. The maximum atomic E-state index is 13.3. The number of halogens is 1. The first kappa shape index (κ1) is 15.1. The van der Waals surface area contributed by atoms with Crippen LogP contribution in [0.25, 0.3) is 11.0 Å². The number of furan rings is 1. The zero-order chi connectivity index (χ0) is 16.2. The summed E-state index contributed by atoms with van der Waals surface area (Å²) in [6.07, 6.45) is 1.64. The van der Waals surface area contributed by atoms with E-state index in [-0.39, 0.29) is 18.1 Å². The van der Waals surface area contributed by atoms with Crippen LogP contribution in [0, 0.1) is 5.82 Å². The van der Waals surface area contributed by atoms with Gasteiger partial charge in [-0.15, -0.1) is 0 Å². The van der Waals surface area contributed by atoms with Gasteiger partial charge in [0.2, 0.25) is 5.91 Å². The lowest BCUT2D eigenvalue weighted by molar-refractivity contribution is -0.120. The Morgan fingerprint density at radius 1 is 1.22 bits per heavy atom. The zero-order valence-electron chi connectivity index (χ0n) is 12.6. The molecule has 0 aliphatic carbocycles. The van der Waals surface area contributed by atoms with Crippen molar-refractivity contribution in [3.8, 4) is 5.75 Å². The average Bonchev–Trinajstić information content (AvgIpc) is 2.95. The Kier molecular flexibility index (Phi) is 4.28. The number of hydrogen-bond donors (Lipinski definition) is 1. The van der Waals surface area contributed by atoms with Crippen molar-refractivity contribution in [1.82, 2.24) is 5.32 Å². The standard InChI is InChI=1S/C18H16FNO3/c1-22-15-5-2-12(3-6-15)10-20-18(21)8-13-11-23-17-7-4-14(19)9-16(13)17/h2-7,9,11H,8,10H2,1H3,(H,20,21). The summed E-state index contributed by atoms with van der Waals surface area (Å²) in [6.45, 7) is 0.424. The van der Waals surface area contributed by atoms with Crippen molar-refractivity contribution >= 4 is 16.9 Å². The zero-order valence-corrected chi connectivity index (χ0v) is 12.6. The number of rotatable bonds is 5. The van der Waals surface area contributed by atoms with Gasteiger partial charge in [0.1, 0.15) is 17.1 Å². The van der Waals surface area contributed by atoms with Crippen LogP contribution >= 0.6 is 0 Å². The Morgan fingerprint density at radius 2 is 2.00 bits per heavy atom. The lowest BCUT2D eigenvalue weighted by Gasteiger charge is -2.06. The van der Waals surface area contributed by atoms with Crippen molar-refractivity contribution in [2.24, 2.45) is 0 Å². The molecule has 1 amide bonds. The first-order chi connectivity index (χ1) is 11.2. The molecule has 0 atom stereocenters. The summed E-state index contributed by atoms with van der Waals surface area (Å²) in [5.74, 6) is 0.276. The maximum Gasteiger partial charge on any atom is 0.224 e. The van der Waals surface area contributed by atoms with E-state index in [4.69, 9.17) is 9.15 Å².